The van der Waals surface area contributed by atoms with Crippen LogP contribution in [0.5, 0.6) is 0 Å². The molecule has 4 heteroatoms. The van der Waals surface area contributed by atoms with Crippen molar-refractivity contribution in [3.05, 3.63) is 206 Å². The molecule has 56 heavy (non-hydrogen) atoms. The molecule has 11 rings (SSSR count). The summed E-state index contributed by atoms with van der Waals surface area (Å²) in [5, 5.41) is 7.20. The van der Waals surface area contributed by atoms with E-state index in [0.29, 0.717) is 0 Å². The topological polar surface area (TPSA) is 19.6 Å². The molecule has 9 aromatic carbocycles. The number of benzene rings is 9. The summed E-state index contributed by atoms with van der Waals surface area (Å²) in [6, 6.07) is 74.0. The third kappa shape index (κ3) is 5.58. The molecular weight excluding hydrogens is 701 g/mol. The van der Waals surface area contributed by atoms with Crippen LogP contribution < -0.4 is 9.80 Å². The van der Waals surface area contributed by atoms with Crippen LogP contribution in [0.4, 0.5) is 34.1 Å². The maximum Gasteiger partial charge on any atom is 0.137 e. The highest BCUT2D eigenvalue weighted by Gasteiger charge is 2.19. The molecule has 0 bridgehead atoms. The van der Waals surface area contributed by atoms with Crippen molar-refractivity contribution in [3.8, 4) is 11.1 Å². The van der Waals surface area contributed by atoms with Crippen molar-refractivity contribution in [2.75, 3.05) is 9.80 Å². The summed E-state index contributed by atoms with van der Waals surface area (Å²) in [6.45, 7) is 0. The van der Waals surface area contributed by atoms with Gasteiger partial charge in [-0.25, -0.2) is 0 Å². The average Bonchev–Trinajstić information content (AvgIpc) is 3.82. The van der Waals surface area contributed by atoms with Gasteiger partial charge in [-0.3, -0.25) is 0 Å². The maximum atomic E-state index is 6.42. The van der Waals surface area contributed by atoms with Gasteiger partial charge in [-0.15, -0.1) is 11.3 Å². The summed E-state index contributed by atoms with van der Waals surface area (Å²) in [7, 11) is 0. The summed E-state index contributed by atoms with van der Waals surface area (Å²) < 4.78 is 8.94. The van der Waals surface area contributed by atoms with Crippen LogP contribution in [0.25, 0.3) is 64.0 Å². The Balaban J connectivity index is 1.06. The number of hydrogen-bond donors (Lipinski definition) is 0. The second kappa shape index (κ2) is 13.3. The fraction of sp³-hybridized carbons (Fsp3) is 0. The zero-order valence-electron chi connectivity index (χ0n) is 30.3. The van der Waals surface area contributed by atoms with Gasteiger partial charge in [0.25, 0.3) is 0 Å². The predicted molar refractivity (Wildman–Crippen MR) is 239 cm³/mol. The molecule has 0 aliphatic rings. The largest absolute Gasteiger partial charge is 0.456 e. The van der Waals surface area contributed by atoms with Crippen molar-refractivity contribution in [1.82, 2.24) is 0 Å². The molecule has 0 N–H and O–H groups in total. The molecule has 2 heterocycles. The third-order valence-corrected chi connectivity index (χ3v) is 12.0. The van der Waals surface area contributed by atoms with Gasteiger partial charge in [0.1, 0.15) is 11.2 Å². The maximum absolute atomic E-state index is 6.42. The number of nitrogens with zero attached hydrogens (tertiary/aromatic N) is 2. The second-order valence-corrected chi connectivity index (χ2v) is 15.3. The quantitative estimate of drug-likeness (QED) is 0.163. The SMILES string of the molecule is c1ccc(N(c2ccccc2)c2ccc3sc4ccc(N(c5ccc(-c6ccc7ccccc7c6)cc5)c5ccc6c(c5)oc5ccccc56)cc4c3c2)cc1. The van der Waals surface area contributed by atoms with Crippen LogP contribution in [-0.2, 0) is 0 Å². The van der Waals surface area contributed by atoms with E-state index >= 15 is 0 Å². The van der Waals surface area contributed by atoms with Crippen LogP contribution in [0.15, 0.2) is 211 Å². The Morgan fingerprint density at radius 3 is 1.50 bits per heavy atom. The molecule has 0 amide bonds. The van der Waals surface area contributed by atoms with Crippen LogP contribution in [0, 0.1) is 0 Å². The van der Waals surface area contributed by atoms with Crippen LogP contribution in [0.1, 0.15) is 0 Å². The van der Waals surface area contributed by atoms with Crippen molar-refractivity contribution in [1.29, 1.82) is 0 Å². The third-order valence-electron chi connectivity index (χ3n) is 10.8. The zero-order chi connectivity index (χ0) is 37.0. The van der Waals surface area contributed by atoms with E-state index in [4.69, 9.17) is 4.42 Å². The van der Waals surface area contributed by atoms with E-state index in [0.717, 1.165) is 56.1 Å². The molecule has 0 unspecified atom stereocenters. The van der Waals surface area contributed by atoms with E-state index < -0.39 is 0 Å². The number of thiophene rings is 1. The highest BCUT2D eigenvalue weighted by molar-refractivity contribution is 7.25. The predicted octanol–water partition coefficient (Wildman–Crippen LogP) is 15.7. The fourth-order valence-corrected chi connectivity index (χ4v) is 9.17. The Hall–Kier alpha value is -7.14. The molecule has 264 valence electrons. The molecule has 2 aromatic heterocycles. The molecule has 0 aliphatic carbocycles. The average molecular weight is 735 g/mol. The summed E-state index contributed by atoms with van der Waals surface area (Å²) in [5.41, 5.74) is 10.7. The van der Waals surface area contributed by atoms with E-state index in [9.17, 15) is 0 Å². The van der Waals surface area contributed by atoms with Gasteiger partial charge in [-0.2, -0.15) is 0 Å². The van der Waals surface area contributed by atoms with Gasteiger partial charge in [0.2, 0.25) is 0 Å². The van der Waals surface area contributed by atoms with Crippen molar-refractivity contribution in [2.24, 2.45) is 0 Å². The molecule has 0 saturated carbocycles. The molecule has 3 nitrogen and oxygen atoms in total. The number of fused-ring (bicyclic) bond motifs is 7. The van der Waals surface area contributed by atoms with E-state index in [1.54, 1.807) is 0 Å². The number of para-hydroxylation sites is 3. The molecule has 0 spiro atoms. The molecule has 0 atom stereocenters. The van der Waals surface area contributed by atoms with E-state index in [2.05, 4.69) is 204 Å². The number of furan rings is 1. The second-order valence-electron chi connectivity index (χ2n) is 14.2. The Morgan fingerprint density at radius 1 is 0.304 bits per heavy atom. The number of hydrogen-bond acceptors (Lipinski definition) is 4. The lowest BCUT2D eigenvalue weighted by molar-refractivity contribution is 0.669. The van der Waals surface area contributed by atoms with Gasteiger partial charge in [0, 0.05) is 71.1 Å². The smallest absolute Gasteiger partial charge is 0.137 e. The Kier molecular flexibility index (Phi) is 7.68. The molecule has 0 aliphatic heterocycles. The summed E-state index contributed by atoms with van der Waals surface area (Å²) >= 11 is 1.84. The lowest BCUT2D eigenvalue weighted by atomic mass is 10.0. The van der Waals surface area contributed by atoms with Crippen molar-refractivity contribution >= 4 is 98.3 Å². The van der Waals surface area contributed by atoms with Crippen molar-refractivity contribution in [2.45, 2.75) is 0 Å². The monoisotopic (exact) mass is 734 g/mol. The summed E-state index contributed by atoms with van der Waals surface area (Å²) in [6.07, 6.45) is 0. The molecule has 0 fully saturated rings. The zero-order valence-corrected chi connectivity index (χ0v) is 31.2. The minimum atomic E-state index is 0.870. The van der Waals surface area contributed by atoms with Gasteiger partial charge in [-0.1, -0.05) is 103 Å². The molecule has 0 radical (unpaired) electrons. The molecule has 11 aromatic rings. The first-order chi connectivity index (χ1) is 27.7. The first-order valence-corrected chi connectivity index (χ1v) is 19.7. The summed E-state index contributed by atoms with van der Waals surface area (Å²) in [5.74, 6) is 0. The minimum Gasteiger partial charge on any atom is -0.456 e. The van der Waals surface area contributed by atoms with Gasteiger partial charge in [0.15, 0.2) is 0 Å². The Morgan fingerprint density at radius 2 is 0.804 bits per heavy atom. The minimum absolute atomic E-state index is 0.870. The van der Waals surface area contributed by atoms with Crippen LogP contribution in [-0.4, -0.2) is 0 Å². The lowest BCUT2D eigenvalue weighted by Crippen LogP contribution is -2.10. The Labute approximate surface area is 328 Å². The van der Waals surface area contributed by atoms with Crippen LogP contribution >= 0.6 is 11.3 Å². The number of anilines is 6. The standard InChI is InChI=1S/C52H34N2OS/c1-3-13-39(14-4-1)53(40-15-5-2-6-16-40)42-26-29-51-47(32-42)48-33-43(27-30-52(48)56-51)54(44-25-28-46-45-17-9-10-18-49(45)55-50(46)34-44)41-23-21-36(22-24-41)38-20-19-35-11-7-8-12-37(35)31-38/h1-34H. The van der Waals surface area contributed by atoms with E-state index in [-0.39, 0.29) is 0 Å². The summed E-state index contributed by atoms with van der Waals surface area (Å²) in [4.78, 5) is 4.68. The first-order valence-electron chi connectivity index (χ1n) is 18.9. The van der Waals surface area contributed by atoms with Gasteiger partial charge < -0.3 is 14.2 Å². The van der Waals surface area contributed by atoms with Crippen LogP contribution in [0.3, 0.4) is 0 Å². The Bertz CT molecular complexity index is 3160. The van der Waals surface area contributed by atoms with Gasteiger partial charge >= 0.3 is 0 Å². The van der Waals surface area contributed by atoms with Gasteiger partial charge in [0.05, 0.1) is 0 Å². The normalized spacial score (nSPS) is 11.6. The molecular formula is C52H34N2OS. The number of rotatable bonds is 7. The van der Waals surface area contributed by atoms with E-state index in [1.807, 2.05) is 23.5 Å². The van der Waals surface area contributed by atoms with Crippen LogP contribution in [0.2, 0.25) is 0 Å². The lowest BCUT2D eigenvalue weighted by Gasteiger charge is -2.26. The highest BCUT2D eigenvalue weighted by atomic mass is 32.1. The molecule has 0 saturated heterocycles. The van der Waals surface area contributed by atoms with Crippen molar-refractivity contribution < 1.29 is 4.42 Å². The highest BCUT2D eigenvalue weighted by Crippen LogP contribution is 2.44. The first kappa shape index (κ1) is 32.3. The van der Waals surface area contributed by atoms with E-state index in [1.165, 1.54) is 42.1 Å². The fourth-order valence-electron chi connectivity index (χ4n) is 8.11. The van der Waals surface area contributed by atoms with Crippen molar-refractivity contribution in [3.63, 3.8) is 0 Å². The van der Waals surface area contributed by atoms with Gasteiger partial charge in [-0.05, 0) is 119 Å².